The second-order valence-corrected chi connectivity index (χ2v) is 11.3. The Morgan fingerprint density at radius 2 is 1.90 bits per heavy atom. The Hall–Kier alpha value is -1.74. The van der Waals surface area contributed by atoms with Gasteiger partial charge in [-0.05, 0) is 40.2 Å². The first-order valence-electron chi connectivity index (χ1n) is 10.4. The SMILES string of the molecule is Cc1nn(C2CCS(=O)(=O)C2)c(C)c1CN(C)CN1C(=O)CC2(CCCC2)C1=O. The smallest absolute Gasteiger partial charge is 0.237 e. The van der Waals surface area contributed by atoms with Gasteiger partial charge in [0.15, 0.2) is 9.84 Å². The number of amides is 2. The molecule has 0 N–H and O–H groups in total. The lowest BCUT2D eigenvalue weighted by Crippen LogP contribution is -2.41. The molecule has 3 heterocycles. The van der Waals surface area contributed by atoms with Crippen molar-refractivity contribution >= 4 is 21.7 Å². The minimum atomic E-state index is -2.98. The van der Waals surface area contributed by atoms with E-state index in [4.69, 9.17) is 0 Å². The number of rotatable bonds is 5. The van der Waals surface area contributed by atoms with Crippen molar-refractivity contribution < 1.29 is 18.0 Å². The van der Waals surface area contributed by atoms with Crippen LogP contribution in [0.3, 0.4) is 0 Å². The van der Waals surface area contributed by atoms with Gasteiger partial charge in [-0.3, -0.25) is 24.1 Å². The molecule has 0 radical (unpaired) electrons. The average molecular weight is 423 g/mol. The maximum Gasteiger partial charge on any atom is 0.237 e. The van der Waals surface area contributed by atoms with Gasteiger partial charge in [0.05, 0.1) is 35.3 Å². The number of sulfone groups is 1. The fraction of sp³-hybridized carbons (Fsp3) is 0.750. The summed E-state index contributed by atoms with van der Waals surface area (Å²) >= 11 is 0. The van der Waals surface area contributed by atoms with Crippen LogP contribution in [0.15, 0.2) is 0 Å². The summed E-state index contributed by atoms with van der Waals surface area (Å²) in [7, 11) is -1.08. The second-order valence-electron chi connectivity index (χ2n) is 9.10. The highest BCUT2D eigenvalue weighted by molar-refractivity contribution is 7.91. The third kappa shape index (κ3) is 3.63. The topological polar surface area (TPSA) is 92.6 Å². The minimum Gasteiger partial charge on any atom is -0.284 e. The summed E-state index contributed by atoms with van der Waals surface area (Å²) in [6.07, 6.45) is 4.65. The fourth-order valence-corrected chi connectivity index (χ4v) is 6.95. The third-order valence-corrected chi connectivity index (χ3v) is 8.64. The van der Waals surface area contributed by atoms with Gasteiger partial charge >= 0.3 is 0 Å². The molecule has 1 aromatic rings. The zero-order valence-corrected chi connectivity index (χ0v) is 18.3. The van der Waals surface area contributed by atoms with E-state index < -0.39 is 15.3 Å². The summed E-state index contributed by atoms with van der Waals surface area (Å²) in [5.41, 5.74) is 2.42. The molecule has 2 aliphatic heterocycles. The summed E-state index contributed by atoms with van der Waals surface area (Å²) in [5, 5.41) is 4.61. The van der Waals surface area contributed by atoms with Crippen molar-refractivity contribution in [1.82, 2.24) is 19.6 Å². The van der Waals surface area contributed by atoms with Crippen molar-refractivity contribution in [3.63, 3.8) is 0 Å². The minimum absolute atomic E-state index is 0.00727. The van der Waals surface area contributed by atoms with E-state index in [9.17, 15) is 18.0 Å². The number of hydrogen-bond donors (Lipinski definition) is 0. The van der Waals surface area contributed by atoms with Crippen molar-refractivity contribution in [2.45, 2.75) is 65.0 Å². The number of aromatic nitrogens is 2. The lowest BCUT2D eigenvalue weighted by Gasteiger charge is -2.25. The zero-order chi connectivity index (χ0) is 21.0. The van der Waals surface area contributed by atoms with E-state index in [0.717, 1.165) is 42.6 Å². The molecule has 2 saturated heterocycles. The van der Waals surface area contributed by atoms with Gasteiger partial charge in [0.25, 0.3) is 0 Å². The van der Waals surface area contributed by atoms with Crippen LogP contribution in [0.4, 0.5) is 0 Å². The van der Waals surface area contributed by atoms with Crippen molar-refractivity contribution in [2.24, 2.45) is 5.41 Å². The van der Waals surface area contributed by atoms with E-state index in [1.54, 1.807) is 0 Å². The highest BCUT2D eigenvalue weighted by atomic mass is 32.2. The number of carbonyl (C=O) groups excluding carboxylic acids is 2. The van der Waals surface area contributed by atoms with E-state index in [2.05, 4.69) is 5.10 Å². The number of imide groups is 1. The van der Waals surface area contributed by atoms with E-state index in [1.807, 2.05) is 30.5 Å². The number of aryl methyl sites for hydroxylation is 1. The standard InChI is InChI=1S/C20H30N4O4S/c1-14-17(15(2)24(21-14)16-6-9-29(27,28)12-16)11-22(3)13-23-18(25)10-20(19(23)26)7-4-5-8-20/h16H,4-13H2,1-3H3. The summed E-state index contributed by atoms with van der Waals surface area (Å²) in [6, 6.07) is -0.110. The molecule has 1 unspecified atom stereocenters. The molecule has 1 aliphatic carbocycles. The Morgan fingerprint density at radius 3 is 2.52 bits per heavy atom. The van der Waals surface area contributed by atoms with Gasteiger partial charge in [0, 0.05) is 24.2 Å². The van der Waals surface area contributed by atoms with Gasteiger partial charge in [0.1, 0.15) is 0 Å². The van der Waals surface area contributed by atoms with E-state index in [-0.39, 0.29) is 36.0 Å². The molecule has 0 aromatic carbocycles. The van der Waals surface area contributed by atoms with Crippen LogP contribution >= 0.6 is 0 Å². The van der Waals surface area contributed by atoms with Crippen molar-refractivity contribution in [2.75, 3.05) is 25.2 Å². The molecule has 1 spiro atoms. The van der Waals surface area contributed by atoms with Gasteiger partial charge in [-0.2, -0.15) is 5.10 Å². The zero-order valence-electron chi connectivity index (χ0n) is 17.5. The summed E-state index contributed by atoms with van der Waals surface area (Å²) in [5.74, 6) is 0.283. The predicted molar refractivity (Wildman–Crippen MR) is 108 cm³/mol. The molecule has 4 rings (SSSR count). The van der Waals surface area contributed by atoms with Crippen LogP contribution in [0.2, 0.25) is 0 Å². The molecule has 1 saturated carbocycles. The average Bonchev–Trinajstić information content (AvgIpc) is 3.37. The van der Waals surface area contributed by atoms with Gasteiger partial charge in [0.2, 0.25) is 11.8 Å². The number of likely N-dealkylation sites (tertiary alicyclic amines) is 1. The molecule has 0 bridgehead atoms. The summed E-state index contributed by atoms with van der Waals surface area (Å²) in [6.45, 7) is 4.73. The van der Waals surface area contributed by atoms with Crippen LogP contribution < -0.4 is 0 Å². The molecule has 9 heteroatoms. The molecule has 8 nitrogen and oxygen atoms in total. The Kier molecular flexibility index (Phi) is 5.09. The first kappa shape index (κ1) is 20.5. The molecule has 160 valence electrons. The summed E-state index contributed by atoms with van der Waals surface area (Å²) in [4.78, 5) is 28.8. The van der Waals surface area contributed by atoms with Crippen LogP contribution in [0.1, 0.15) is 61.5 Å². The van der Waals surface area contributed by atoms with Crippen LogP contribution in [-0.2, 0) is 26.0 Å². The van der Waals surface area contributed by atoms with Crippen molar-refractivity contribution in [3.05, 3.63) is 17.0 Å². The Labute approximate surface area is 172 Å². The lowest BCUT2D eigenvalue weighted by molar-refractivity contribution is -0.143. The normalized spacial score (nSPS) is 25.8. The van der Waals surface area contributed by atoms with Crippen LogP contribution in [0.25, 0.3) is 0 Å². The molecule has 29 heavy (non-hydrogen) atoms. The van der Waals surface area contributed by atoms with Gasteiger partial charge < -0.3 is 0 Å². The predicted octanol–water partition coefficient (Wildman–Crippen LogP) is 1.57. The molecule has 1 atom stereocenters. The van der Waals surface area contributed by atoms with Crippen LogP contribution in [-0.4, -0.2) is 65.0 Å². The second kappa shape index (κ2) is 7.19. The molecule has 3 fully saturated rings. The monoisotopic (exact) mass is 422 g/mol. The number of nitrogens with zero attached hydrogens (tertiary/aromatic N) is 4. The number of carbonyl (C=O) groups is 2. The highest BCUT2D eigenvalue weighted by Gasteiger charge is 2.52. The first-order valence-corrected chi connectivity index (χ1v) is 12.2. The molecular weight excluding hydrogens is 392 g/mol. The molecule has 3 aliphatic rings. The number of hydrogen-bond acceptors (Lipinski definition) is 6. The molecule has 1 aromatic heterocycles. The van der Waals surface area contributed by atoms with Crippen LogP contribution in [0.5, 0.6) is 0 Å². The van der Waals surface area contributed by atoms with Crippen molar-refractivity contribution in [1.29, 1.82) is 0 Å². The Balaban J connectivity index is 1.46. The van der Waals surface area contributed by atoms with Crippen molar-refractivity contribution in [3.8, 4) is 0 Å². The Morgan fingerprint density at radius 1 is 1.21 bits per heavy atom. The Bertz CT molecular complexity index is 946. The van der Waals surface area contributed by atoms with Gasteiger partial charge in [-0.1, -0.05) is 12.8 Å². The molecule has 2 amide bonds. The fourth-order valence-electron chi connectivity index (χ4n) is 5.26. The first-order chi connectivity index (χ1) is 13.6. The largest absolute Gasteiger partial charge is 0.284 e. The van der Waals surface area contributed by atoms with E-state index in [1.165, 1.54) is 4.90 Å². The maximum atomic E-state index is 12.9. The highest BCUT2D eigenvalue weighted by Crippen LogP contribution is 2.46. The third-order valence-electron chi connectivity index (χ3n) is 6.89. The van der Waals surface area contributed by atoms with Gasteiger partial charge in [-0.25, -0.2) is 8.42 Å². The van der Waals surface area contributed by atoms with Crippen LogP contribution in [0, 0.1) is 19.3 Å². The summed E-state index contributed by atoms with van der Waals surface area (Å²) < 4.78 is 25.5. The van der Waals surface area contributed by atoms with E-state index in [0.29, 0.717) is 19.4 Å². The quantitative estimate of drug-likeness (QED) is 0.669. The van der Waals surface area contributed by atoms with Gasteiger partial charge in [-0.15, -0.1) is 0 Å². The lowest BCUT2D eigenvalue weighted by atomic mass is 9.85. The van der Waals surface area contributed by atoms with E-state index >= 15 is 0 Å². The molecular formula is C20H30N4O4S. The maximum absolute atomic E-state index is 12.9.